The average Bonchev–Trinajstić information content (AvgIpc) is 2.46. The van der Waals surface area contributed by atoms with Gasteiger partial charge in [-0.05, 0) is 23.2 Å². The summed E-state index contributed by atoms with van der Waals surface area (Å²) in [5.74, 6) is 0. The van der Waals surface area contributed by atoms with E-state index in [1.54, 1.807) is 0 Å². The third kappa shape index (κ3) is 2.89. The number of benzene rings is 2. The Hall–Kier alpha value is -0.950. The predicted octanol–water partition coefficient (Wildman–Crippen LogP) is 2.50. The van der Waals surface area contributed by atoms with Gasteiger partial charge in [-0.1, -0.05) is 72.5 Å². The molecular formula is C15H17OPS. The normalized spacial score (nSPS) is 11.4. The molecule has 0 aliphatic carbocycles. The van der Waals surface area contributed by atoms with Crippen LogP contribution in [0.2, 0.25) is 0 Å². The monoisotopic (exact) mass is 276 g/mol. The first kappa shape index (κ1) is 13.5. The lowest BCUT2D eigenvalue weighted by Gasteiger charge is -2.23. The van der Waals surface area contributed by atoms with Crippen molar-refractivity contribution >= 4 is 28.5 Å². The van der Waals surface area contributed by atoms with Crippen molar-refractivity contribution in [3.8, 4) is 0 Å². The van der Waals surface area contributed by atoms with Crippen LogP contribution in [0.4, 0.5) is 0 Å². The van der Waals surface area contributed by atoms with Gasteiger partial charge in [-0.3, -0.25) is 0 Å². The van der Waals surface area contributed by atoms with E-state index in [2.05, 4.69) is 24.3 Å². The topological polar surface area (TPSA) is 20.2 Å². The van der Waals surface area contributed by atoms with Crippen molar-refractivity contribution in [2.45, 2.75) is 6.42 Å². The fourth-order valence-corrected chi connectivity index (χ4v) is 5.86. The highest BCUT2D eigenvalue weighted by Crippen LogP contribution is 2.44. The molecule has 0 atom stereocenters. The van der Waals surface area contributed by atoms with Crippen LogP contribution in [0.15, 0.2) is 60.7 Å². The average molecular weight is 276 g/mol. The molecule has 0 saturated heterocycles. The molecule has 0 spiro atoms. The number of hydrogen-bond donors (Lipinski definition) is 1. The molecule has 2 rings (SSSR count). The van der Waals surface area contributed by atoms with Crippen molar-refractivity contribution < 1.29 is 5.11 Å². The van der Waals surface area contributed by atoms with Gasteiger partial charge >= 0.3 is 0 Å². The highest BCUT2D eigenvalue weighted by molar-refractivity contribution is 8.21. The lowest BCUT2D eigenvalue weighted by atomic mass is 10.4. The molecule has 2 aromatic rings. The number of hydrogen-bond acceptors (Lipinski definition) is 2. The zero-order valence-electron chi connectivity index (χ0n) is 10.2. The second-order valence-corrected chi connectivity index (χ2v) is 9.04. The van der Waals surface area contributed by atoms with E-state index in [1.807, 2.05) is 36.4 Å². The van der Waals surface area contributed by atoms with Gasteiger partial charge in [0, 0.05) is 12.6 Å². The molecule has 0 fully saturated rings. The Bertz CT molecular complexity index is 481. The number of aliphatic hydroxyl groups excluding tert-OH is 1. The third-order valence-corrected chi connectivity index (χ3v) is 8.00. The zero-order chi connectivity index (χ0) is 12.8. The van der Waals surface area contributed by atoms with E-state index in [1.165, 1.54) is 10.6 Å². The first-order valence-corrected chi connectivity index (χ1v) is 9.07. The number of rotatable bonds is 5. The summed E-state index contributed by atoms with van der Waals surface area (Å²) in [4.78, 5) is 0. The molecule has 1 N–H and O–H groups in total. The van der Waals surface area contributed by atoms with Crippen LogP contribution < -0.4 is 10.6 Å². The lowest BCUT2D eigenvalue weighted by Crippen LogP contribution is -2.18. The summed E-state index contributed by atoms with van der Waals surface area (Å²) in [5, 5.41) is 11.6. The van der Waals surface area contributed by atoms with Crippen molar-refractivity contribution in [2.75, 3.05) is 12.8 Å². The molecule has 0 aliphatic rings. The summed E-state index contributed by atoms with van der Waals surface area (Å²) in [7, 11) is 0. The molecule has 0 radical (unpaired) electrons. The maximum absolute atomic E-state index is 9.09. The third-order valence-electron chi connectivity index (χ3n) is 2.98. The lowest BCUT2D eigenvalue weighted by molar-refractivity contribution is 0.296. The van der Waals surface area contributed by atoms with Gasteiger partial charge in [0.15, 0.2) is 0 Å². The first-order chi connectivity index (χ1) is 8.77. The SMILES string of the molecule is OCCCP(=S)(c1ccccc1)c1ccccc1. The summed E-state index contributed by atoms with van der Waals surface area (Å²) in [6.45, 7) is 0.206. The van der Waals surface area contributed by atoms with E-state index in [9.17, 15) is 0 Å². The zero-order valence-corrected chi connectivity index (χ0v) is 11.9. The summed E-state index contributed by atoms with van der Waals surface area (Å²) in [6, 6.07) is 18.9. The van der Waals surface area contributed by atoms with Gasteiger partial charge in [-0.25, -0.2) is 0 Å². The Kier molecular flexibility index (Phi) is 4.71. The Balaban J connectivity index is 2.45. The van der Waals surface area contributed by atoms with Crippen LogP contribution in [0.3, 0.4) is 0 Å². The van der Waals surface area contributed by atoms with E-state index in [0.717, 1.165) is 12.6 Å². The van der Waals surface area contributed by atoms with Crippen LogP contribution in [0, 0.1) is 0 Å². The van der Waals surface area contributed by atoms with Gasteiger partial charge in [-0.15, -0.1) is 0 Å². The molecule has 0 unspecified atom stereocenters. The summed E-state index contributed by atoms with van der Waals surface area (Å²) in [5.41, 5.74) is 0. The summed E-state index contributed by atoms with van der Waals surface area (Å²) < 4.78 is 0. The minimum Gasteiger partial charge on any atom is -0.396 e. The molecule has 1 nitrogen and oxygen atoms in total. The van der Waals surface area contributed by atoms with Crippen LogP contribution in [0.25, 0.3) is 0 Å². The van der Waals surface area contributed by atoms with Crippen molar-refractivity contribution in [1.29, 1.82) is 0 Å². The van der Waals surface area contributed by atoms with E-state index in [4.69, 9.17) is 16.9 Å². The first-order valence-electron chi connectivity index (χ1n) is 6.08. The van der Waals surface area contributed by atoms with Crippen LogP contribution >= 0.6 is 6.04 Å². The van der Waals surface area contributed by atoms with Gasteiger partial charge in [0.1, 0.15) is 0 Å². The Morgan fingerprint density at radius 1 is 0.833 bits per heavy atom. The maximum atomic E-state index is 9.09. The second-order valence-electron chi connectivity index (χ2n) is 4.21. The molecule has 0 saturated carbocycles. The van der Waals surface area contributed by atoms with Crippen molar-refractivity contribution in [2.24, 2.45) is 0 Å². The van der Waals surface area contributed by atoms with Gasteiger partial charge in [-0.2, -0.15) is 0 Å². The van der Waals surface area contributed by atoms with Crippen LogP contribution in [0.5, 0.6) is 0 Å². The van der Waals surface area contributed by atoms with E-state index in [-0.39, 0.29) is 6.61 Å². The Labute approximate surface area is 113 Å². The summed E-state index contributed by atoms with van der Waals surface area (Å²) in [6.07, 6.45) is 1.65. The van der Waals surface area contributed by atoms with Crippen LogP contribution in [-0.4, -0.2) is 17.9 Å². The Morgan fingerprint density at radius 3 is 1.67 bits per heavy atom. The molecule has 0 bridgehead atoms. The smallest absolute Gasteiger partial charge is 0.0434 e. The molecule has 2 aromatic carbocycles. The fourth-order valence-electron chi connectivity index (χ4n) is 2.04. The molecule has 18 heavy (non-hydrogen) atoms. The van der Waals surface area contributed by atoms with Crippen molar-refractivity contribution in [3.63, 3.8) is 0 Å². The molecule has 0 amide bonds. The predicted molar refractivity (Wildman–Crippen MR) is 83.0 cm³/mol. The van der Waals surface area contributed by atoms with Gasteiger partial charge < -0.3 is 5.11 Å². The largest absolute Gasteiger partial charge is 0.396 e. The molecule has 0 aliphatic heterocycles. The molecule has 0 aromatic heterocycles. The van der Waals surface area contributed by atoms with Crippen LogP contribution in [-0.2, 0) is 11.8 Å². The molecular weight excluding hydrogens is 259 g/mol. The molecule has 0 heterocycles. The second kappa shape index (κ2) is 6.29. The van der Waals surface area contributed by atoms with Crippen molar-refractivity contribution in [1.82, 2.24) is 0 Å². The van der Waals surface area contributed by atoms with Crippen molar-refractivity contribution in [3.05, 3.63) is 60.7 Å². The highest BCUT2D eigenvalue weighted by atomic mass is 32.4. The maximum Gasteiger partial charge on any atom is 0.0434 e. The molecule has 3 heteroatoms. The van der Waals surface area contributed by atoms with Crippen LogP contribution in [0.1, 0.15) is 6.42 Å². The minimum atomic E-state index is -1.77. The van der Waals surface area contributed by atoms with Gasteiger partial charge in [0.25, 0.3) is 0 Å². The minimum absolute atomic E-state index is 0.206. The standard InChI is InChI=1S/C15H17OPS/c16-12-7-13-17(18,14-8-3-1-4-9-14)15-10-5-2-6-11-15/h1-6,8-11,16H,7,12-13H2. The number of aliphatic hydroxyl groups is 1. The van der Waals surface area contributed by atoms with E-state index >= 15 is 0 Å². The highest BCUT2D eigenvalue weighted by Gasteiger charge is 2.21. The van der Waals surface area contributed by atoms with Gasteiger partial charge in [0.2, 0.25) is 0 Å². The molecule has 94 valence electrons. The summed E-state index contributed by atoms with van der Waals surface area (Å²) >= 11 is 6.00. The quantitative estimate of drug-likeness (QED) is 0.847. The Morgan fingerprint density at radius 2 is 1.28 bits per heavy atom. The van der Waals surface area contributed by atoms with Gasteiger partial charge in [0.05, 0.1) is 0 Å². The van der Waals surface area contributed by atoms with E-state index in [0.29, 0.717) is 0 Å². The van der Waals surface area contributed by atoms with E-state index < -0.39 is 6.04 Å². The fraction of sp³-hybridized carbons (Fsp3) is 0.200.